The lowest BCUT2D eigenvalue weighted by Gasteiger charge is -2.09. The molecule has 0 saturated carbocycles. The highest BCUT2D eigenvalue weighted by molar-refractivity contribution is 7.71. The van der Waals surface area contributed by atoms with Crippen LogP contribution in [0.4, 0.5) is 26.3 Å². The van der Waals surface area contributed by atoms with Crippen molar-refractivity contribution in [3.8, 4) is 22.6 Å². The van der Waals surface area contributed by atoms with E-state index in [0.29, 0.717) is 11.1 Å². The van der Waals surface area contributed by atoms with Crippen molar-refractivity contribution < 1.29 is 30.8 Å². The second-order valence-corrected chi connectivity index (χ2v) is 5.74. The van der Waals surface area contributed by atoms with Crippen LogP contribution in [0.3, 0.4) is 0 Å². The van der Waals surface area contributed by atoms with Crippen molar-refractivity contribution >= 4 is 12.2 Å². The highest BCUT2D eigenvalue weighted by atomic mass is 32.1. The number of aromatic amines is 1. The van der Waals surface area contributed by atoms with Crippen molar-refractivity contribution in [1.29, 1.82) is 0 Å². The minimum atomic E-state index is -4.48. The molecule has 0 amide bonds. The van der Waals surface area contributed by atoms with Crippen molar-refractivity contribution in [2.24, 2.45) is 0 Å². The Kier molecular flexibility index (Phi) is 4.43. The van der Waals surface area contributed by atoms with Gasteiger partial charge in [-0.05, 0) is 36.5 Å². The molecular weight excluding hydrogens is 380 g/mol. The molecule has 0 fully saturated rings. The van der Waals surface area contributed by atoms with Gasteiger partial charge in [0.05, 0.1) is 16.8 Å². The summed E-state index contributed by atoms with van der Waals surface area (Å²) in [4.78, 5) is 2.66. The number of nitrogens with one attached hydrogen (secondary N) is 1. The molecule has 0 atom stereocenters. The van der Waals surface area contributed by atoms with Gasteiger partial charge in [0.2, 0.25) is 0 Å². The van der Waals surface area contributed by atoms with Gasteiger partial charge in [0.1, 0.15) is 0 Å². The van der Waals surface area contributed by atoms with Gasteiger partial charge in [-0.3, -0.25) is 0 Å². The minimum absolute atomic E-state index is 0.0465. The maximum absolute atomic E-state index is 12.7. The monoisotopic (exact) mass is 389 g/mol. The molecule has 9 heteroatoms. The fourth-order valence-corrected chi connectivity index (χ4v) is 2.56. The SMILES string of the molecule is FC(F)(F)c1ccc(-c2[nH]c(=S)oc2-c2ccc(C(F)(F)F)cc2)cc1. The lowest BCUT2D eigenvalue weighted by atomic mass is 10.0. The maximum Gasteiger partial charge on any atom is 0.416 e. The molecule has 0 radical (unpaired) electrons. The fraction of sp³-hybridized carbons (Fsp3) is 0.118. The molecule has 3 rings (SSSR count). The van der Waals surface area contributed by atoms with E-state index in [1.54, 1.807) is 0 Å². The first-order chi connectivity index (χ1) is 12.1. The van der Waals surface area contributed by atoms with Crippen molar-refractivity contribution in [2.45, 2.75) is 12.4 Å². The van der Waals surface area contributed by atoms with Gasteiger partial charge in [-0.1, -0.05) is 24.3 Å². The summed E-state index contributed by atoms with van der Waals surface area (Å²) in [6.45, 7) is 0. The Balaban J connectivity index is 2.03. The number of oxazole rings is 1. The molecule has 1 aromatic heterocycles. The fourth-order valence-electron chi connectivity index (χ4n) is 2.37. The van der Waals surface area contributed by atoms with E-state index in [4.69, 9.17) is 16.6 Å². The highest BCUT2D eigenvalue weighted by Gasteiger charge is 2.31. The summed E-state index contributed by atoms with van der Waals surface area (Å²) < 4.78 is 81.3. The van der Waals surface area contributed by atoms with Crippen LogP contribution in [-0.4, -0.2) is 4.98 Å². The van der Waals surface area contributed by atoms with Crippen LogP contribution in [-0.2, 0) is 12.4 Å². The average Bonchev–Trinajstić information content (AvgIpc) is 2.95. The number of hydrogen-bond acceptors (Lipinski definition) is 2. The Morgan fingerprint density at radius 2 is 1.12 bits per heavy atom. The van der Waals surface area contributed by atoms with Crippen LogP contribution in [0.15, 0.2) is 52.9 Å². The maximum atomic E-state index is 12.7. The number of alkyl halides is 6. The zero-order valence-corrected chi connectivity index (χ0v) is 13.5. The predicted octanol–water partition coefficient (Wildman–Crippen LogP) is 6.71. The largest absolute Gasteiger partial charge is 0.429 e. The molecule has 0 bridgehead atoms. The molecule has 2 aromatic carbocycles. The third kappa shape index (κ3) is 3.67. The number of halogens is 6. The van der Waals surface area contributed by atoms with Crippen molar-refractivity contribution in [3.05, 3.63) is 64.5 Å². The molecule has 2 nitrogen and oxygen atoms in total. The van der Waals surface area contributed by atoms with Gasteiger partial charge in [0, 0.05) is 11.1 Å². The standard InChI is InChI=1S/C17H9F6NOS/c18-16(19,20)11-5-1-9(2-6-11)13-14(25-15(26)24-13)10-3-7-12(8-4-10)17(21,22)23/h1-8H,(H,24,26). The second-order valence-electron chi connectivity index (χ2n) is 5.37. The van der Waals surface area contributed by atoms with E-state index in [0.717, 1.165) is 24.3 Å². The van der Waals surface area contributed by atoms with E-state index in [9.17, 15) is 26.3 Å². The van der Waals surface area contributed by atoms with Crippen molar-refractivity contribution in [3.63, 3.8) is 0 Å². The molecule has 0 saturated heterocycles. The van der Waals surface area contributed by atoms with E-state index in [-0.39, 0.29) is 16.3 Å². The zero-order valence-electron chi connectivity index (χ0n) is 12.7. The summed E-state index contributed by atoms with van der Waals surface area (Å²) in [6.07, 6.45) is -8.95. The molecule has 3 aromatic rings. The van der Waals surface area contributed by atoms with Crippen LogP contribution < -0.4 is 0 Å². The van der Waals surface area contributed by atoms with Gasteiger partial charge < -0.3 is 9.40 Å². The first-order valence-corrected chi connectivity index (χ1v) is 7.55. The van der Waals surface area contributed by atoms with E-state index in [1.165, 1.54) is 24.3 Å². The predicted molar refractivity (Wildman–Crippen MR) is 84.8 cm³/mol. The van der Waals surface area contributed by atoms with Gasteiger partial charge in [-0.25, -0.2) is 0 Å². The average molecular weight is 389 g/mol. The summed E-state index contributed by atoms with van der Waals surface area (Å²) in [6, 6.07) is 8.44. The number of rotatable bonds is 2. The summed E-state index contributed by atoms with van der Waals surface area (Å²) >= 11 is 4.91. The summed E-state index contributed by atoms with van der Waals surface area (Å²) in [7, 11) is 0. The van der Waals surface area contributed by atoms with Crippen molar-refractivity contribution in [2.75, 3.05) is 0 Å². The molecule has 0 unspecified atom stereocenters. The Hall–Kier alpha value is -2.55. The van der Waals surface area contributed by atoms with Crippen LogP contribution in [0.1, 0.15) is 11.1 Å². The van der Waals surface area contributed by atoms with Gasteiger partial charge in [-0.15, -0.1) is 0 Å². The quantitative estimate of drug-likeness (QED) is 0.390. The van der Waals surface area contributed by atoms with Crippen LogP contribution in [0, 0.1) is 4.84 Å². The van der Waals surface area contributed by atoms with E-state index >= 15 is 0 Å². The van der Waals surface area contributed by atoms with Crippen LogP contribution >= 0.6 is 12.2 Å². The molecular formula is C17H9F6NOS. The third-order valence-electron chi connectivity index (χ3n) is 3.62. The van der Waals surface area contributed by atoms with Gasteiger partial charge >= 0.3 is 12.4 Å². The van der Waals surface area contributed by atoms with Gasteiger partial charge in [-0.2, -0.15) is 26.3 Å². The van der Waals surface area contributed by atoms with Crippen molar-refractivity contribution in [1.82, 2.24) is 4.98 Å². The van der Waals surface area contributed by atoms with Crippen LogP contribution in [0.5, 0.6) is 0 Å². The second kappa shape index (κ2) is 6.31. The summed E-state index contributed by atoms with van der Waals surface area (Å²) in [5.41, 5.74) is -0.706. The first-order valence-electron chi connectivity index (χ1n) is 7.14. The number of benzene rings is 2. The first kappa shape index (κ1) is 18.2. The molecule has 136 valence electrons. The topological polar surface area (TPSA) is 28.9 Å². The Morgan fingerprint density at radius 3 is 1.54 bits per heavy atom. The summed E-state index contributed by atoms with van der Waals surface area (Å²) in [5, 5.41) is 0. The third-order valence-corrected chi connectivity index (χ3v) is 3.81. The highest BCUT2D eigenvalue weighted by Crippen LogP contribution is 2.36. The molecule has 1 N–H and O–H groups in total. The number of hydrogen-bond donors (Lipinski definition) is 1. The van der Waals surface area contributed by atoms with E-state index < -0.39 is 23.5 Å². The lowest BCUT2D eigenvalue weighted by molar-refractivity contribution is -0.138. The van der Waals surface area contributed by atoms with Gasteiger partial charge in [0.25, 0.3) is 4.84 Å². The van der Waals surface area contributed by atoms with Crippen LogP contribution in [0.25, 0.3) is 22.6 Å². The number of aromatic nitrogens is 1. The lowest BCUT2D eigenvalue weighted by Crippen LogP contribution is -2.04. The Labute approximate surface area is 148 Å². The Bertz CT molecular complexity index is 887. The molecule has 0 aliphatic carbocycles. The molecule has 26 heavy (non-hydrogen) atoms. The van der Waals surface area contributed by atoms with E-state index in [1.807, 2.05) is 0 Å². The molecule has 1 heterocycles. The number of H-pyrrole nitrogens is 1. The zero-order chi connectivity index (χ0) is 19.1. The Morgan fingerprint density at radius 1 is 0.692 bits per heavy atom. The normalized spacial score (nSPS) is 12.4. The minimum Gasteiger partial charge on any atom is -0.429 e. The smallest absolute Gasteiger partial charge is 0.416 e. The van der Waals surface area contributed by atoms with Crippen LogP contribution in [0.2, 0.25) is 0 Å². The summed E-state index contributed by atoms with van der Waals surface area (Å²) in [5.74, 6) is 0.142. The van der Waals surface area contributed by atoms with Gasteiger partial charge in [0.15, 0.2) is 5.76 Å². The molecule has 0 aliphatic heterocycles. The van der Waals surface area contributed by atoms with E-state index in [2.05, 4.69) is 4.98 Å². The molecule has 0 spiro atoms. The molecule has 0 aliphatic rings.